The molecule has 1 rings (SSSR count). The summed E-state index contributed by atoms with van der Waals surface area (Å²) in [6.45, 7) is 1.98. The summed E-state index contributed by atoms with van der Waals surface area (Å²) in [6, 6.07) is 1.93. The molecule has 0 spiro atoms. The minimum atomic E-state index is 0.871. The van der Waals surface area contributed by atoms with Crippen LogP contribution in [0.1, 0.15) is 11.5 Å². The van der Waals surface area contributed by atoms with Gasteiger partial charge in [-0.15, -0.1) is 0 Å². The third-order valence-corrected chi connectivity index (χ3v) is 1.98. The van der Waals surface area contributed by atoms with Crippen molar-refractivity contribution in [1.82, 2.24) is 9.97 Å². The van der Waals surface area contributed by atoms with Gasteiger partial charge in [-0.05, 0) is 13.2 Å². The molecule has 0 aromatic carbocycles. The number of nitrogens with one attached hydrogen (secondary N) is 1. The summed E-state index contributed by atoms with van der Waals surface area (Å²) in [5.41, 5.74) is 1.01. The smallest absolute Gasteiger partial charge is 0.140 e. The first-order valence-electron chi connectivity index (χ1n) is 3.77. The van der Waals surface area contributed by atoms with Gasteiger partial charge in [0.1, 0.15) is 11.6 Å². The molecule has 0 fully saturated rings. The second kappa shape index (κ2) is 4.30. The summed E-state index contributed by atoms with van der Waals surface area (Å²) in [7, 11) is 1.87. The van der Waals surface area contributed by atoms with E-state index in [4.69, 9.17) is 0 Å². The minimum Gasteiger partial charge on any atom is -0.373 e. The molecule has 66 valence electrons. The van der Waals surface area contributed by atoms with Gasteiger partial charge in [0.2, 0.25) is 0 Å². The van der Waals surface area contributed by atoms with Crippen LogP contribution in [0.5, 0.6) is 0 Å². The number of nitrogens with zero attached hydrogens (tertiary/aromatic N) is 2. The highest BCUT2D eigenvalue weighted by Crippen LogP contribution is 2.09. The van der Waals surface area contributed by atoms with Crippen LogP contribution < -0.4 is 5.32 Å². The van der Waals surface area contributed by atoms with Crippen molar-refractivity contribution < 1.29 is 0 Å². The highest BCUT2D eigenvalue weighted by molar-refractivity contribution is 7.97. The normalized spacial score (nSPS) is 9.92. The molecule has 1 aromatic heterocycles. The van der Waals surface area contributed by atoms with Gasteiger partial charge in [0.05, 0.1) is 5.75 Å². The van der Waals surface area contributed by atoms with Gasteiger partial charge >= 0.3 is 0 Å². The van der Waals surface area contributed by atoms with Crippen LogP contribution in [0.25, 0.3) is 0 Å². The topological polar surface area (TPSA) is 37.8 Å². The van der Waals surface area contributed by atoms with E-state index in [1.807, 2.05) is 26.3 Å². The quantitative estimate of drug-likeness (QED) is 0.774. The molecule has 3 nitrogen and oxygen atoms in total. The molecule has 1 aromatic rings. The first-order valence-corrected chi connectivity index (χ1v) is 5.17. The van der Waals surface area contributed by atoms with Crippen molar-refractivity contribution in [2.75, 3.05) is 18.6 Å². The summed E-state index contributed by atoms with van der Waals surface area (Å²) < 4.78 is 0. The van der Waals surface area contributed by atoms with E-state index in [-0.39, 0.29) is 0 Å². The molecule has 0 amide bonds. The average molecular weight is 183 g/mol. The fraction of sp³-hybridized carbons (Fsp3) is 0.500. The maximum absolute atomic E-state index is 4.30. The van der Waals surface area contributed by atoms with E-state index < -0.39 is 0 Å². The van der Waals surface area contributed by atoms with Crippen LogP contribution in [0.4, 0.5) is 5.82 Å². The lowest BCUT2D eigenvalue weighted by atomic mass is 10.4. The predicted molar refractivity (Wildman–Crippen MR) is 53.5 cm³/mol. The zero-order valence-corrected chi connectivity index (χ0v) is 8.40. The highest BCUT2D eigenvalue weighted by atomic mass is 32.2. The Morgan fingerprint density at radius 1 is 1.50 bits per heavy atom. The Labute approximate surface area is 77.0 Å². The van der Waals surface area contributed by atoms with Crippen molar-refractivity contribution >= 4 is 17.6 Å². The fourth-order valence-electron chi connectivity index (χ4n) is 0.952. The Bertz CT molecular complexity index is 262. The van der Waals surface area contributed by atoms with Crippen molar-refractivity contribution in [2.45, 2.75) is 12.7 Å². The summed E-state index contributed by atoms with van der Waals surface area (Å²) in [5, 5.41) is 3.01. The number of aryl methyl sites for hydroxylation is 1. The lowest BCUT2D eigenvalue weighted by Crippen LogP contribution is -2.00. The molecule has 0 saturated heterocycles. The van der Waals surface area contributed by atoms with Gasteiger partial charge in [-0.25, -0.2) is 9.97 Å². The minimum absolute atomic E-state index is 0.871. The summed E-state index contributed by atoms with van der Waals surface area (Å²) in [6.07, 6.45) is 2.05. The van der Waals surface area contributed by atoms with Crippen LogP contribution in [0.2, 0.25) is 0 Å². The molecule has 1 N–H and O–H groups in total. The number of thioether (sulfide) groups is 1. The molecular formula is C8H13N3S. The maximum atomic E-state index is 4.30. The SMILES string of the molecule is CNc1cc(C)nc(CSC)n1. The van der Waals surface area contributed by atoms with E-state index in [0.29, 0.717) is 0 Å². The van der Waals surface area contributed by atoms with Gasteiger partial charge < -0.3 is 5.32 Å². The molecule has 0 radical (unpaired) electrons. The van der Waals surface area contributed by atoms with Gasteiger partial charge in [0, 0.05) is 18.8 Å². The Hall–Kier alpha value is -0.770. The second-order valence-corrected chi connectivity index (χ2v) is 3.36. The molecule has 12 heavy (non-hydrogen) atoms. The van der Waals surface area contributed by atoms with Crippen LogP contribution in [-0.4, -0.2) is 23.3 Å². The molecule has 0 unspecified atom stereocenters. The van der Waals surface area contributed by atoms with Crippen LogP contribution in [0, 0.1) is 6.92 Å². The molecule has 0 aliphatic carbocycles. The third kappa shape index (κ3) is 2.37. The van der Waals surface area contributed by atoms with Crippen molar-refractivity contribution in [2.24, 2.45) is 0 Å². The first kappa shape index (κ1) is 9.32. The van der Waals surface area contributed by atoms with E-state index in [9.17, 15) is 0 Å². The molecule has 0 atom stereocenters. The van der Waals surface area contributed by atoms with Crippen LogP contribution in [0.3, 0.4) is 0 Å². The van der Waals surface area contributed by atoms with Gasteiger partial charge in [0.25, 0.3) is 0 Å². The number of anilines is 1. The van der Waals surface area contributed by atoms with E-state index in [1.165, 1.54) is 0 Å². The van der Waals surface area contributed by atoms with Gasteiger partial charge in [0.15, 0.2) is 0 Å². The third-order valence-electron chi connectivity index (χ3n) is 1.43. The number of rotatable bonds is 3. The Balaban J connectivity index is 2.90. The number of aromatic nitrogens is 2. The summed E-state index contributed by atoms with van der Waals surface area (Å²) in [5.74, 6) is 2.66. The Kier molecular flexibility index (Phi) is 3.34. The van der Waals surface area contributed by atoms with Gasteiger partial charge in [-0.2, -0.15) is 11.8 Å². The molecule has 0 saturated carbocycles. The lowest BCUT2D eigenvalue weighted by Gasteiger charge is -2.03. The largest absolute Gasteiger partial charge is 0.373 e. The van der Waals surface area contributed by atoms with Crippen molar-refractivity contribution in [3.05, 3.63) is 17.6 Å². The monoisotopic (exact) mass is 183 g/mol. The molecule has 0 bridgehead atoms. The predicted octanol–water partition coefficient (Wildman–Crippen LogP) is 1.69. The summed E-state index contributed by atoms with van der Waals surface area (Å²) in [4.78, 5) is 8.60. The highest BCUT2D eigenvalue weighted by Gasteiger charge is 1.98. The van der Waals surface area contributed by atoms with Crippen LogP contribution in [-0.2, 0) is 5.75 Å². The fourth-order valence-corrected chi connectivity index (χ4v) is 1.34. The number of hydrogen-bond acceptors (Lipinski definition) is 4. The Morgan fingerprint density at radius 3 is 2.83 bits per heavy atom. The van der Waals surface area contributed by atoms with Crippen LogP contribution >= 0.6 is 11.8 Å². The zero-order chi connectivity index (χ0) is 8.97. The first-order chi connectivity index (χ1) is 5.76. The van der Waals surface area contributed by atoms with Gasteiger partial charge in [-0.3, -0.25) is 0 Å². The molecule has 0 aliphatic rings. The van der Waals surface area contributed by atoms with Crippen LogP contribution in [0.15, 0.2) is 6.07 Å². The van der Waals surface area contributed by atoms with Crippen molar-refractivity contribution in [1.29, 1.82) is 0 Å². The van der Waals surface area contributed by atoms with E-state index in [0.717, 1.165) is 23.1 Å². The maximum Gasteiger partial charge on any atom is 0.140 e. The summed E-state index contributed by atoms with van der Waals surface area (Å²) >= 11 is 1.73. The molecule has 0 aliphatic heterocycles. The van der Waals surface area contributed by atoms with E-state index >= 15 is 0 Å². The van der Waals surface area contributed by atoms with Gasteiger partial charge in [-0.1, -0.05) is 0 Å². The second-order valence-electron chi connectivity index (χ2n) is 2.49. The van der Waals surface area contributed by atoms with E-state index in [2.05, 4.69) is 15.3 Å². The lowest BCUT2D eigenvalue weighted by molar-refractivity contribution is 0.998. The standard InChI is InChI=1S/C8H13N3S/c1-6-4-7(9-2)11-8(10-6)5-12-3/h4H,5H2,1-3H3,(H,9,10,11). The Morgan fingerprint density at radius 2 is 2.25 bits per heavy atom. The van der Waals surface area contributed by atoms with E-state index in [1.54, 1.807) is 11.8 Å². The molecular weight excluding hydrogens is 170 g/mol. The molecule has 1 heterocycles. The van der Waals surface area contributed by atoms with Crippen molar-refractivity contribution in [3.63, 3.8) is 0 Å². The average Bonchev–Trinajstić information content (AvgIpc) is 2.04. The van der Waals surface area contributed by atoms with Crippen molar-refractivity contribution in [3.8, 4) is 0 Å². The number of hydrogen-bond donors (Lipinski definition) is 1. The molecule has 4 heteroatoms. The zero-order valence-electron chi connectivity index (χ0n) is 7.59.